The Balaban J connectivity index is 2.28. The molecule has 2 nitrogen and oxygen atoms in total. The Morgan fingerprint density at radius 1 is 1.30 bits per heavy atom. The topological polar surface area (TPSA) is 15.3 Å². The molecule has 1 aromatic rings. The van der Waals surface area contributed by atoms with Gasteiger partial charge in [-0.15, -0.1) is 0 Å². The molecule has 1 saturated heterocycles. The molecular formula is C17H27ClN2. The van der Waals surface area contributed by atoms with Crippen LogP contribution >= 0.6 is 11.6 Å². The van der Waals surface area contributed by atoms with Gasteiger partial charge in [0.1, 0.15) is 0 Å². The maximum absolute atomic E-state index is 6.45. The molecule has 0 saturated carbocycles. The predicted molar refractivity (Wildman–Crippen MR) is 88.6 cm³/mol. The van der Waals surface area contributed by atoms with Gasteiger partial charge in [-0.2, -0.15) is 0 Å². The molecule has 1 heterocycles. The molecule has 1 aromatic carbocycles. The van der Waals surface area contributed by atoms with Crippen molar-refractivity contribution >= 4 is 17.3 Å². The fourth-order valence-corrected chi connectivity index (χ4v) is 3.32. The minimum absolute atomic E-state index is 0.471. The van der Waals surface area contributed by atoms with Crippen LogP contribution in [-0.4, -0.2) is 18.6 Å². The Morgan fingerprint density at radius 2 is 2.05 bits per heavy atom. The highest BCUT2D eigenvalue weighted by atomic mass is 35.5. The monoisotopic (exact) mass is 294 g/mol. The Labute approximate surface area is 128 Å². The first-order valence-electron chi connectivity index (χ1n) is 7.78. The van der Waals surface area contributed by atoms with E-state index in [0.717, 1.165) is 18.1 Å². The fourth-order valence-electron chi connectivity index (χ4n) is 3.08. The second-order valence-corrected chi connectivity index (χ2v) is 6.83. The van der Waals surface area contributed by atoms with Gasteiger partial charge in [0, 0.05) is 41.4 Å². The van der Waals surface area contributed by atoms with E-state index in [1.54, 1.807) is 0 Å². The Bertz CT molecular complexity index is 443. The lowest BCUT2D eigenvalue weighted by atomic mass is 10.0. The second-order valence-electron chi connectivity index (χ2n) is 6.42. The molecule has 0 amide bonds. The van der Waals surface area contributed by atoms with Gasteiger partial charge in [0.05, 0.1) is 0 Å². The molecule has 1 unspecified atom stereocenters. The average molecular weight is 295 g/mol. The Hall–Kier alpha value is -0.730. The van der Waals surface area contributed by atoms with Crippen LogP contribution in [0, 0.1) is 5.92 Å². The lowest BCUT2D eigenvalue weighted by molar-refractivity contribution is 0.490. The molecule has 20 heavy (non-hydrogen) atoms. The van der Waals surface area contributed by atoms with Crippen LogP contribution in [0.4, 0.5) is 5.69 Å². The SMILES string of the molecule is CC(C)NCc1c(Cl)cccc1N1CCCC1C(C)C. The summed E-state index contributed by atoms with van der Waals surface area (Å²) in [5, 5.41) is 4.38. The van der Waals surface area contributed by atoms with Crippen LogP contribution in [-0.2, 0) is 6.54 Å². The van der Waals surface area contributed by atoms with Gasteiger partial charge in [-0.3, -0.25) is 0 Å². The highest BCUT2D eigenvalue weighted by Gasteiger charge is 2.28. The second kappa shape index (κ2) is 6.82. The van der Waals surface area contributed by atoms with Crippen molar-refractivity contribution in [2.45, 2.75) is 59.2 Å². The highest BCUT2D eigenvalue weighted by molar-refractivity contribution is 6.31. The number of rotatable bonds is 5. The van der Waals surface area contributed by atoms with Gasteiger partial charge in [0.2, 0.25) is 0 Å². The molecule has 2 rings (SSSR count). The van der Waals surface area contributed by atoms with Gasteiger partial charge < -0.3 is 10.2 Å². The van der Waals surface area contributed by atoms with E-state index in [1.807, 2.05) is 6.07 Å². The zero-order chi connectivity index (χ0) is 14.7. The molecule has 0 bridgehead atoms. The fraction of sp³-hybridized carbons (Fsp3) is 0.647. The van der Waals surface area contributed by atoms with Crippen molar-refractivity contribution in [1.82, 2.24) is 5.32 Å². The van der Waals surface area contributed by atoms with E-state index in [-0.39, 0.29) is 0 Å². The molecule has 1 aliphatic rings. The summed E-state index contributed by atoms with van der Waals surface area (Å²) >= 11 is 6.45. The highest BCUT2D eigenvalue weighted by Crippen LogP contribution is 2.34. The average Bonchev–Trinajstić information content (AvgIpc) is 2.86. The lowest BCUT2D eigenvalue weighted by Crippen LogP contribution is -2.34. The van der Waals surface area contributed by atoms with E-state index >= 15 is 0 Å². The minimum atomic E-state index is 0.471. The zero-order valence-electron chi connectivity index (χ0n) is 13.1. The summed E-state index contributed by atoms with van der Waals surface area (Å²) in [6.07, 6.45) is 2.58. The quantitative estimate of drug-likeness (QED) is 0.862. The van der Waals surface area contributed by atoms with E-state index < -0.39 is 0 Å². The van der Waals surface area contributed by atoms with E-state index in [0.29, 0.717) is 18.0 Å². The van der Waals surface area contributed by atoms with Crippen molar-refractivity contribution in [3.05, 3.63) is 28.8 Å². The van der Waals surface area contributed by atoms with Crippen LogP contribution in [0.3, 0.4) is 0 Å². The molecule has 1 atom stereocenters. The summed E-state index contributed by atoms with van der Waals surface area (Å²) in [4.78, 5) is 2.56. The molecule has 1 fully saturated rings. The van der Waals surface area contributed by atoms with Gasteiger partial charge in [-0.1, -0.05) is 45.4 Å². The van der Waals surface area contributed by atoms with Crippen LogP contribution < -0.4 is 10.2 Å². The number of nitrogens with one attached hydrogen (secondary N) is 1. The summed E-state index contributed by atoms with van der Waals surface area (Å²) in [7, 11) is 0. The van der Waals surface area contributed by atoms with Gasteiger partial charge >= 0.3 is 0 Å². The van der Waals surface area contributed by atoms with Gasteiger partial charge in [-0.25, -0.2) is 0 Å². The summed E-state index contributed by atoms with van der Waals surface area (Å²) in [6, 6.07) is 7.42. The van der Waals surface area contributed by atoms with Crippen LogP contribution in [0.5, 0.6) is 0 Å². The summed E-state index contributed by atoms with van der Waals surface area (Å²) in [5.74, 6) is 0.683. The van der Waals surface area contributed by atoms with E-state index in [2.05, 4.69) is 50.0 Å². The summed E-state index contributed by atoms with van der Waals surface area (Å²) in [6.45, 7) is 11.0. The van der Waals surface area contributed by atoms with Gasteiger partial charge in [0.15, 0.2) is 0 Å². The van der Waals surface area contributed by atoms with Gasteiger partial charge in [0.25, 0.3) is 0 Å². The molecule has 1 aliphatic heterocycles. The zero-order valence-corrected chi connectivity index (χ0v) is 13.9. The first-order chi connectivity index (χ1) is 9.50. The van der Waals surface area contributed by atoms with Crippen molar-refractivity contribution in [2.24, 2.45) is 5.92 Å². The molecule has 0 aromatic heterocycles. The molecule has 3 heteroatoms. The first kappa shape index (κ1) is 15.7. The standard InChI is InChI=1S/C17H27ClN2/c1-12(2)16-9-6-10-20(16)17-8-5-7-15(18)14(17)11-19-13(3)4/h5,7-8,12-13,16,19H,6,9-11H2,1-4H3. The summed E-state index contributed by atoms with van der Waals surface area (Å²) < 4.78 is 0. The lowest BCUT2D eigenvalue weighted by Gasteiger charge is -2.32. The van der Waals surface area contributed by atoms with Crippen molar-refractivity contribution in [1.29, 1.82) is 0 Å². The molecular weight excluding hydrogens is 268 g/mol. The van der Waals surface area contributed by atoms with Crippen LogP contribution in [0.25, 0.3) is 0 Å². The third kappa shape index (κ3) is 3.48. The number of halogens is 1. The normalized spacial score (nSPS) is 19.4. The van der Waals surface area contributed by atoms with Crippen molar-refractivity contribution in [3.63, 3.8) is 0 Å². The molecule has 112 valence electrons. The maximum Gasteiger partial charge on any atom is 0.0471 e. The smallest absolute Gasteiger partial charge is 0.0471 e. The van der Waals surface area contributed by atoms with Gasteiger partial charge in [-0.05, 0) is 30.9 Å². The number of benzene rings is 1. The predicted octanol–water partition coefficient (Wildman–Crippen LogP) is 4.46. The van der Waals surface area contributed by atoms with E-state index in [1.165, 1.54) is 24.1 Å². The summed E-state index contributed by atoms with van der Waals surface area (Å²) in [5.41, 5.74) is 2.57. The minimum Gasteiger partial charge on any atom is -0.368 e. The van der Waals surface area contributed by atoms with Crippen molar-refractivity contribution in [2.75, 3.05) is 11.4 Å². The number of nitrogens with zero attached hydrogens (tertiary/aromatic N) is 1. The Morgan fingerprint density at radius 3 is 2.70 bits per heavy atom. The third-order valence-corrected chi connectivity index (χ3v) is 4.51. The largest absolute Gasteiger partial charge is 0.368 e. The van der Waals surface area contributed by atoms with Crippen LogP contribution in [0.2, 0.25) is 5.02 Å². The van der Waals surface area contributed by atoms with Crippen LogP contribution in [0.1, 0.15) is 46.1 Å². The molecule has 0 aliphatic carbocycles. The van der Waals surface area contributed by atoms with E-state index in [4.69, 9.17) is 11.6 Å². The number of hydrogen-bond acceptors (Lipinski definition) is 2. The third-order valence-electron chi connectivity index (χ3n) is 4.16. The molecule has 1 N–H and O–H groups in total. The molecule has 0 radical (unpaired) electrons. The van der Waals surface area contributed by atoms with Crippen LogP contribution in [0.15, 0.2) is 18.2 Å². The number of hydrogen-bond donors (Lipinski definition) is 1. The Kier molecular flexibility index (Phi) is 5.34. The van der Waals surface area contributed by atoms with Crippen molar-refractivity contribution < 1.29 is 0 Å². The number of anilines is 1. The molecule has 0 spiro atoms. The maximum atomic E-state index is 6.45. The van der Waals surface area contributed by atoms with Crippen molar-refractivity contribution in [3.8, 4) is 0 Å². The van der Waals surface area contributed by atoms with E-state index in [9.17, 15) is 0 Å². The first-order valence-corrected chi connectivity index (χ1v) is 8.16.